The number of ketones is 1. The van der Waals surface area contributed by atoms with Crippen molar-refractivity contribution in [2.45, 2.75) is 57.2 Å². The average Bonchev–Trinajstić information content (AvgIpc) is 3.48. The van der Waals surface area contributed by atoms with Gasteiger partial charge in [-0.25, -0.2) is 0 Å². The summed E-state index contributed by atoms with van der Waals surface area (Å²) in [6, 6.07) is 8.88. The maximum atomic E-state index is 13.0. The van der Waals surface area contributed by atoms with Crippen molar-refractivity contribution in [3.63, 3.8) is 0 Å². The molecule has 1 N–H and O–H groups in total. The lowest BCUT2D eigenvalue weighted by atomic mass is 9.97. The molecule has 2 fully saturated rings. The first-order chi connectivity index (χ1) is 14.0. The molecule has 1 amide bonds. The standard InChI is InChI=1S/C23H23NO4S/c1-13-11-15-12-14(8-9-17(15)28-13)21(25)19-20(18-7-4-10-29-18)24(23(27)22(19)26)16-5-2-3-6-16/h4,7-10,12-13,16,20,25H,2-3,5-6,11H2,1H3/b21-19-. The predicted molar refractivity (Wildman–Crippen MR) is 111 cm³/mol. The van der Waals surface area contributed by atoms with Gasteiger partial charge >= 0.3 is 0 Å². The number of hydrogen-bond donors (Lipinski definition) is 1. The molecule has 2 atom stereocenters. The number of hydrogen-bond acceptors (Lipinski definition) is 5. The zero-order valence-corrected chi connectivity index (χ0v) is 17.1. The second kappa shape index (κ2) is 7.02. The van der Waals surface area contributed by atoms with Crippen LogP contribution in [0.25, 0.3) is 5.76 Å². The number of fused-ring (bicyclic) bond motifs is 1. The van der Waals surface area contributed by atoms with Crippen LogP contribution in [-0.2, 0) is 16.0 Å². The van der Waals surface area contributed by atoms with Gasteiger partial charge in [0.15, 0.2) is 0 Å². The molecule has 3 heterocycles. The largest absolute Gasteiger partial charge is 0.507 e. The monoisotopic (exact) mass is 409 g/mol. The highest BCUT2D eigenvalue weighted by Gasteiger charge is 2.49. The fourth-order valence-electron chi connectivity index (χ4n) is 4.86. The number of rotatable bonds is 3. The molecule has 1 aliphatic carbocycles. The first-order valence-corrected chi connectivity index (χ1v) is 11.1. The molecule has 0 spiro atoms. The van der Waals surface area contributed by atoms with Crippen LogP contribution in [0, 0.1) is 0 Å². The predicted octanol–water partition coefficient (Wildman–Crippen LogP) is 4.44. The van der Waals surface area contributed by atoms with E-state index in [1.807, 2.05) is 36.6 Å². The van der Waals surface area contributed by atoms with Gasteiger partial charge in [-0.1, -0.05) is 18.9 Å². The lowest BCUT2D eigenvalue weighted by molar-refractivity contribution is -0.141. The lowest BCUT2D eigenvalue weighted by Gasteiger charge is -2.29. The Kier molecular flexibility index (Phi) is 4.46. The van der Waals surface area contributed by atoms with Gasteiger partial charge in [0.25, 0.3) is 11.7 Å². The van der Waals surface area contributed by atoms with Crippen molar-refractivity contribution in [3.05, 3.63) is 57.3 Å². The number of aliphatic hydroxyl groups excluding tert-OH is 1. The maximum Gasteiger partial charge on any atom is 0.295 e. The van der Waals surface area contributed by atoms with Gasteiger partial charge in [-0.2, -0.15) is 0 Å². The Balaban J connectivity index is 1.62. The summed E-state index contributed by atoms with van der Waals surface area (Å²) in [5.41, 5.74) is 1.78. The van der Waals surface area contributed by atoms with Crippen LogP contribution in [0.1, 0.15) is 54.7 Å². The summed E-state index contributed by atoms with van der Waals surface area (Å²) < 4.78 is 5.74. The Bertz CT molecular complexity index is 1000. The van der Waals surface area contributed by atoms with Gasteiger partial charge in [-0.3, -0.25) is 9.59 Å². The zero-order valence-electron chi connectivity index (χ0n) is 16.3. The van der Waals surface area contributed by atoms with E-state index in [4.69, 9.17) is 4.74 Å². The molecule has 5 rings (SSSR count). The third-order valence-corrected chi connectivity index (χ3v) is 7.11. The van der Waals surface area contributed by atoms with Crippen LogP contribution in [0.3, 0.4) is 0 Å². The summed E-state index contributed by atoms with van der Waals surface area (Å²) in [7, 11) is 0. The van der Waals surface area contributed by atoms with E-state index < -0.39 is 17.7 Å². The van der Waals surface area contributed by atoms with Crippen molar-refractivity contribution in [2.24, 2.45) is 0 Å². The van der Waals surface area contributed by atoms with Crippen molar-refractivity contribution >= 4 is 28.8 Å². The number of likely N-dealkylation sites (tertiary alicyclic amines) is 1. The third-order valence-electron chi connectivity index (χ3n) is 6.18. The number of amides is 1. The van der Waals surface area contributed by atoms with Crippen molar-refractivity contribution in [1.82, 2.24) is 4.90 Å². The van der Waals surface area contributed by atoms with E-state index in [1.54, 1.807) is 11.0 Å². The van der Waals surface area contributed by atoms with Crippen molar-refractivity contribution in [2.75, 3.05) is 0 Å². The smallest absolute Gasteiger partial charge is 0.295 e. The summed E-state index contributed by atoms with van der Waals surface area (Å²) in [6.45, 7) is 2.00. The van der Waals surface area contributed by atoms with E-state index in [1.165, 1.54) is 11.3 Å². The minimum atomic E-state index is -0.585. The number of thiophene rings is 1. The SMILES string of the molecule is CC1Cc2cc(/C(O)=C3/C(=O)C(=O)N(C4CCCC4)C3c3cccs3)ccc2O1. The van der Waals surface area contributed by atoms with E-state index >= 15 is 0 Å². The number of aliphatic hydroxyl groups is 1. The molecule has 2 aromatic rings. The first kappa shape index (κ1) is 18.4. The summed E-state index contributed by atoms with van der Waals surface area (Å²) >= 11 is 1.51. The van der Waals surface area contributed by atoms with E-state index in [0.29, 0.717) is 5.56 Å². The molecule has 0 bridgehead atoms. The molecule has 2 aliphatic heterocycles. The van der Waals surface area contributed by atoms with Gasteiger partial charge in [0.05, 0.1) is 11.6 Å². The van der Waals surface area contributed by atoms with Crippen LogP contribution in [0.5, 0.6) is 5.75 Å². The molecule has 1 saturated carbocycles. The first-order valence-electron chi connectivity index (χ1n) is 10.2. The van der Waals surface area contributed by atoms with Crippen LogP contribution < -0.4 is 4.74 Å². The van der Waals surface area contributed by atoms with Crippen molar-refractivity contribution < 1.29 is 19.4 Å². The summed E-state index contributed by atoms with van der Waals surface area (Å²) in [5, 5.41) is 13.1. The van der Waals surface area contributed by atoms with Gasteiger partial charge in [-0.15, -0.1) is 11.3 Å². The fraction of sp³-hybridized carbons (Fsp3) is 0.391. The molecule has 5 nitrogen and oxygen atoms in total. The Labute approximate surface area is 173 Å². The minimum absolute atomic E-state index is 0.0538. The second-order valence-corrected chi connectivity index (χ2v) is 9.09. The van der Waals surface area contributed by atoms with Crippen LogP contribution in [0.2, 0.25) is 0 Å². The van der Waals surface area contributed by atoms with Crippen molar-refractivity contribution in [1.29, 1.82) is 0 Å². The molecule has 0 radical (unpaired) electrons. The molecular weight excluding hydrogens is 386 g/mol. The quantitative estimate of drug-likeness (QED) is 0.462. The molecule has 29 heavy (non-hydrogen) atoms. The van der Waals surface area contributed by atoms with Gasteiger partial charge in [0, 0.05) is 22.9 Å². The highest BCUT2D eigenvalue weighted by atomic mass is 32.1. The normalized spacial score (nSPS) is 26.2. The van der Waals surface area contributed by atoms with Crippen LogP contribution in [0.15, 0.2) is 41.3 Å². The Hall–Kier alpha value is -2.60. The zero-order chi connectivity index (χ0) is 20.1. The molecule has 3 aliphatic rings. The number of nitrogens with zero attached hydrogens (tertiary/aromatic N) is 1. The summed E-state index contributed by atoms with van der Waals surface area (Å²) in [5.74, 6) is -0.354. The number of carbonyl (C=O) groups is 2. The van der Waals surface area contributed by atoms with E-state index in [2.05, 4.69) is 0 Å². The van der Waals surface area contributed by atoms with E-state index in [9.17, 15) is 14.7 Å². The number of Topliss-reactive ketones (excluding diaryl/α,β-unsaturated/α-hetero) is 1. The molecule has 1 aromatic carbocycles. The van der Waals surface area contributed by atoms with Crippen LogP contribution in [-0.4, -0.2) is 33.8 Å². The lowest BCUT2D eigenvalue weighted by Crippen LogP contribution is -2.37. The summed E-state index contributed by atoms with van der Waals surface area (Å²) in [6.07, 6.45) is 4.80. The molecule has 1 aromatic heterocycles. The Morgan fingerprint density at radius 3 is 2.72 bits per heavy atom. The van der Waals surface area contributed by atoms with E-state index in [0.717, 1.165) is 48.3 Å². The fourth-order valence-corrected chi connectivity index (χ4v) is 5.69. The van der Waals surface area contributed by atoms with Crippen molar-refractivity contribution in [3.8, 4) is 5.75 Å². The molecule has 2 unspecified atom stereocenters. The maximum absolute atomic E-state index is 13.0. The van der Waals surface area contributed by atoms with Crippen LogP contribution in [0.4, 0.5) is 0 Å². The van der Waals surface area contributed by atoms with Gasteiger partial charge in [0.1, 0.15) is 17.6 Å². The summed E-state index contributed by atoms with van der Waals surface area (Å²) in [4.78, 5) is 28.7. The second-order valence-electron chi connectivity index (χ2n) is 8.12. The van der Waals surface area contributed by atoms with E-state index in [-0.39, 0.29) is 23.5 Å². The minimum Gasteiger partial charge on any atom is -0.507 e. The van der Waals surface area contributed by atoms with Gasteiger partial charge in [-0.05, 0) is 55.0 Å². The molecule has 1 saturated heterocycles. The van der Waals surface area contributed by atoms with Gasteiger partial charge in [0.2, 0.25) is 0 Å². The molecular formula is C23H23NO4S. The Morgan fingerprint density at radius 1 is 1.21 bits per heavy atom. The molecule has 6 heteroatoms. The van der Waals surface area contributed by atoms with Crippen LogP contribution >= 0.6 is 11.3 Å². The number of ether oxygens (including phenoxy) is 1. The van der Waals surface area contributed by atoms with Gasteiger partial charge < -0.3 is 14.7 Å². The molecule has 150 valence electrons. The number of benzene rings is 1. The average molecular weight is 410 g/mol. The Morgan fingerprint density at radius 2 is 2.00 bits per heavy atom. The highest BCUT2D eigenvalue weighted by Crippen LogP contribution is 2.45. The topological polar surface area (TPSA) is 66.8 Å². The third kappa shape index (κ3) is 2.97. The highest BCUT2D eigenvalue weighted by molar-refractivity contribution is 7.10. The number of carbonyl (C=O) groups excluding carboxylic acids is 2.